The molecule has 0 bridgehead atoms. The largest absolute Gasteiger partial charge is 0.492 e. The van der Waals surface area contributed by atoms with E-state index in [1.165, 1.54) is 7.11 Å². The van der Waals surface area contributed by atoms with Crippen LogP contribution in [0.15, 0.2) is 41.7 Å². The van der Waals surface area contributed by atoms with Crippen molar-refractivity contribution < 1.29 is 18.5 Å². The SMILES string of the molecule is CCOc1cccnc1CS(=O)c1nc2ccc(CC(=O)OC)cc2[nH]1. The highest BCUT2D eigenvalue weighted by Gasteiger charge is 2.15. The van der Waals surface area contributed by atoms with Crippen LogP contribution in [0.2, 0.25) is 0 Å². The van der Waals surface area contributed by atoms with Gasteiger partial charge in [-0.3, -0.25) is 14.0 Å². The van der Waals surface area contributed by atoms with Gasteiger partial charge >= 0.3 is 5.97 Å². The molecular formula is C18H19N3O4S. The summed E-state index contributed by atoms with van der Waals surface area (Å²) in [4.78, 5) is 23.1. The number of nitrogens with one attached hydrogen (secondary N) is 1. The number of carbonyl (C=O) groups is 1. The van der Waals surface area contributed by atoms with Crippen molar-refractivity contribution in [1.29, 1.82) is 0 Å². The molecule has 26 heavy (non-hydrogen) atoms. The normalized spacial score (nSPS) is 12.1. The Labute approximate surface area is 153 Å². The Morgan fingerprint density at radius 1 is 1.31 bits per heavy atom. The number of ether oxygens (including phenoxy) is 2. The Morgan fingerprint density at radius 2 is 2.15 bits per heavy atom. The third-order valence-electron chi connectivity index (χ3n) is 3.73. The first-order valence-corrected chi connectivity index (χ1v) is 9.43. The van der Waals surface area contributed by atoms with Crippen molar-refractivity contribution in [2.75, 3.05) is 13.7 Å². The van der Waals surface area contributed by atoms with Gasteiger partial charge in [0.25, 0.3) is 0 Å². The maximum atomic E-state index is 12.7. The number of rotatable bonds is 7. The molecule has 3 aromatic rings. The summed E-state index contributed by atoms with van der Waals surface area (Å²) in [6.45, 7) is 2.40. The van der Waals surface area contributed by atoms with Gasteiger partial charge in [-0.2, -0.15) is 0 Å². The van der Waals surface area contributed by atoms with Gasteiger partial charge in [-0.05, 0) is 36.8 Å². The molecule has 1 atom stereocenters. The van der Waals surface area contributed by atoms with E-state index in [0.717, 1.165) is 11.1 Å². The van der Waals surface area contributed by atoms with E-state index < -0.39 is 10.8 Å². The zero-order chi connectivity index (χ0) is 18.5. The molecular weight excluding hydrogens is 354 g/mol. The van der Waals surface area contributed by atoms with Gasteiger partial charge in [0.1, 0.15) is 5.75 Å². The molecule has 136 valence electrons. The summed E-state index contributed by atoms with van der Waals surface area (Å²) in [5, 5.41) is 0.364. The maximum absolute atomic E-state index is 12.7. The Balaban J connectivity index is 1.81. The van der Waals surface area contributed by atoms with Crippen LogP contribution in [-0.4, -0.2) is 38.8 Å². The van der Waals surface area contributed by atoms with Crippen LogP contribution >= 0.6 is 0 Å². The Morgan fingerprint density at radius 3 is 2.92 bits per heavy atom. The summed E-state index contributed by atoms with van der Waals surface area (Å²) in [6.07, 6.45) is 1.82. The molecule has 1 N–H and O–H groups in total. The van der Waals surface area contributed by atoms with Gasteiger partial charge in [0.05, 0.1) is 53.4 Å². The average molecular weight is 373 g/mol. The molecule has 0 saturated carbocycles. The number of methoxy groups -OCH3 is 1. The fourth-order valence-corrected chi connectivity index (χ4v) is 3.53. The summed E-state index contributed by atoms with van der Waals surface area (Å²) >= 11 is 0. The lowest BCUT2D eigenvalue weighted by Crippen LogP contribution is -2.04. The van der Waals surface area contributed by atoms with Gasteiger partial charge < -0.3 is 14.5 Å². The van der Waals surface area contributed by atoms with Crippen molar-refractivity contribution in [2.24, 2.45) is 0 Å². The molecule has 1 aromatic carbocycles. The molecule has 0 radical (unpaired) electrons. The van der Waals surface area contributed by atoms with Gasteiger partial charge in [0, 0.05) is 6.20 Å². The molecule has 0 fully saturated rings. The molecule has 0 aliphatic carbocycles. The minimum Gasteiger partial charge on any atom is -0.492 e. The van der Waals surface area contributed by atoms with Crippen LogP contribution in [0.3, 0.4) is 0 Å². The highest BCUT2D eigenvalue weighted by atomic mass is 32.2. The van der Waals surface area contributed by atoms with E-state index >= 15 is 0 Å². The maximum Gasteiger partial charge on any atom is 0.309 e. The van der Waals surface area contributed by atoms with Crippen molar-refractivity contribution in [3.63, 3.8) is 0 Å². The Kier molecular flexibility index (Phi) is 5.62. The highest BCUT2D eigenvalue weighted by molar-refractivity contribution is 7.84. The van der Waals surface area contributed by atoms with Gasteiger partial charge in [-0.25, -0.2) is 4.98 Å². The fraction of sp³-hybridized carbons (Fsp3) is 0.278. The van der Waals surface area contributed by atoms with E-state index in [1.54, 1.807) is 30.5 Å². The lowest BCUT2D eigenvalue weighted by molar-refractivity contribution is -0.139. The summed E-state index contributed by atoms with van der Waals surface area (Å²) in [6, 6.07) is 8.99. The van der Waals surface area contributed by atoms with Crippen molar-refractivity contribution in [3.8, 4) is 5.75 Å². The van der Waals surface area contributed by atoms with Crippen molar-refractivity contribution in [1.82, 2.24) is 15.0 Å². The van der Waals surface area contributed by atoms with E-state index in [4.69, 9.17) is 4.74 Å². The topological polar surface area (TPSA) is 94.2 Å². The van der Waals surface area contributed by atoms with Crippen LogP contribution in [0.1, 0.15) is 18.2 Å². The second kappa shape index (κ2) is 8.09. The number of hydrogen-bond acceptors (Lipinski definition) is 6. The van der Waals surface area contributed by atoms with E-state index in [0.29, 0.717) is 28.7 Å². The fourth-order valence-electron chi connectivity index (χ4n) is 2.50. The number of nitrogens with zero attached hydrogens (tertiary/aromatic N) is 2. The Bertz CT molecular complexity index is 955. The minimum absolute atomic E-state index is 0.176. The van der Waals surface area contributed by atoms with Crippen molar-refractivity contribution in [3.05, 3.63) is 47.8 Å². The number of H-pyrrole nitrogens is 1. The second-order valence-electron chi connectivity index (χ2n) is 5.52. The summed E-state index contributed by atoms with van der Waals surface area (Å²) in [5.41, 5.74) is 2.84. The van der Waals surface area contributed by atoms with Gasteiger partial charge in [-0.15, -0.1) is 0 Å². The summed E-state index contributed by atoms with van der Waals surface area (Å²) in [7, 11) is -0.0470. The van der Waals surface area contributed by atoms with Gasteiger partial charge in [0.2, 0.25) is 0 Å². The first kappa shape index (κ1) is 18.1. The smallest absolute Gasteiger partial charge is 0.309 e. The average Bonchev–Trinajstić information content (AvgIpc) is 3.07. The molecule has 0 aliphatic rings. The number of aromatic nitrogens is 3. The van der Waals surface area contributed by atoms with Crippen molar-refractivity contribution >= 4 is 27.8 Å². The molecule has 1 unspecified atom stereocenters. The summed E-state index contributed by atoms with van der Waals surface area (Å²) in [5.74, 6) is 0.511. The number of fused-ring (bicyclic) bond motifs is 1. The number of benzene rings is 1. The van der Waals surface area contributed by atoms with Crippen LogP contribution in [0, 0.1) is 0 Å². The van der Waals surface area contributed by atoms with Crippen molar-refractivity contribution in [2.45, 2.75) is 24.3 Å². The van der Waals surface area contributed by atoms with Crippen LogP contribution in [0.5, 0.6) is 5.75 Å². The lowest BCUT2D eigenvalue weighted by atomic mass is 10.1. The molecule has 2 aromatic heterocycles. The molecule has 0 saturated heterocycles. The van der Waals surface area contributed by atoms with E-state index in [2.05, 4.69) is 19.7 Å². The first-order chi connectivity index (χ1) is 12.6. The number of imidazole rings is 1. The zero-order valence-corrected chi connectivity index (χ0v) is 15.3. The van der Waals surface area contributed by atoms with Gasteiger partial charge in [-0.1, -0.05) is 6.07 Å². The third-order valence-corrected chi connectivity index (χ3v) is 4.89. The quantitative estimate of drug-likeness (QED) is 0.639. The third kappa shape index (κ3) is 4.08. The van der Waals surface area contributed by atoms with Crippen LogP contribution in [-0.2, 0) is 32.5 Å². The predicted octanol–water partition coefficient (Wildman–Crippen LogP) is 2.38. The molecule has 2 heterocycles. The van der Waals surface area contributed by atoms with Crippen LogP contribution in [0.4, 0.5) is 0 Å². The molecule has 8 heteroatoms. The first-order valence-electron chi connectivity index (χ1n) is 8.11. The second-order valence-corrected chi connectivity index (χ2v) is 6.88. The van der Waals surface area contributed by atoms with E-state index in [-0.39, 0.29) is 18.1 Å². The number of pyridine rings is 1. The highest BCUT2D eigenvalue weighted by Crippen LogP contribution is 2.21. The molecule has 0 aliphatic heterocycles. The van der Waals surface area contributed by atoms with Crippen LogP contribution in [0.25, 0.3) is 11.0 Å². The Hall–Kier alpha value is -2.74. The summed E-state index contributed by atoms with van der Waals surface area (Å²) < 4.78 is 22.9. The van der Waals surface area contributed by atoms with Gasteiger partial charge in [0.15, 0.2) is 5.16 Å². The van der Waals surface area contributed by atoms with E-state index in [9.17, 15) is 9.00 Å². The molecule has 7 nitrogen and oxygen atoms in total. The monoisotopic (exact) mass is 373 g/mol. The standard InChI is InChI=1S/C18H19N3O4S/c1-3-25-16-5-4-8-19-15(16)11-26(23)18-20-13-7-6-12(9-14(13)21-18)10-17(22)24-2/h4-9H,3,10-11H2,1-2H3,(H,20,21). The lowest BCUT2D eigenvalue weighted by Gasteiger charge is -2.07. The number of carbonyl (C=O) groups excluding carboxylic acids is 1. The predicted molar refractivity (Wildman–Crippen MR) is 97.3 cm³/mol. The number of esters is 1. The molecule has 0 amide bonds. The number of aromatic amines is 1. The van der Waals surface area contributed by atoms with Crippen LogP contribution < -0.4 is 4.74 Å². The number of hydrogen-bond donors (Lipinski definition) is 1. The minimum atomic E-state index is -1.40. The zero-order valence-electron chi connectivity index (χ0n) is 14.5. The molecule has 0 spiro atoms. The van der Waals surface area contributed by atoms with E-state index in [1.807, 2.05) is 13.0 Å². The molecule has 3 rings (SSSR count).